The summed E-state index contributed by atoms with van der Waals surface area (Å²) in [4.78, 5) is 0. The summed E-state index contributed by atoms with van der Waals surface area (Å²) in [7, 11) is 1.64. The maximum atomic E-state index is 9.47. The van der Waals surface area contributed by atoms with Crippen LogP contribution in [0.15, 0.2) is 18.2 Å². The third-order valence-electron chi connectivity index (χ3n) is 2.39. The van der Waals surface area contributed by atoms with Crippen LogP contribution in [0.1, 0.15) is 18.1 Å². The smallest absolute Gasteiger partial charge is 0.122 e. The van der Waals surface area contributed by atoms with Gasteiger partial charge in [-0.05, 0) is 23.6 Å². The summed E-state index contributed by atoms with van der Waals surface area (Å²) in [5, 5.41) is 9.47. The van der Waals surface area contributed by atoms with Crippen LogP contribution in [0.25, 0.3) is 0 Å². The van der Waals surface area contributed by atoms with Crippen molar-refractivity contribution in [3.8, 4) is 5.75 Å². The lowest BCUT2D eigenvalue weighted by Gasteiger charge is -2.12. The molecule has 0 amide bonds. The summed E-state index contributed by atoms with van der Waals surface area (Å²) in [6.45, 7) is 2.10. The Labute approximate surface area is 95.8 Å². The molecule has 0 saturated carbocycles. The Bertz CT molecular complexity index is 312. The van der Waals surface area contributed by atoms with Crippen molar-refractivity contribution < 1.29 is 9.84 Å². The van der Waals surface area contributed by atoms with E-state index >= 15 is 0 Å². The van der Waals surface area contributed by atoms with E-state index < -0.39 is 6.10 Å². The van der Waals surface area contributed by atoms with Crippen molar-refractivity contribution in [3.63, 3.8) is 0 Å². The summed E-state index contributed by atoms with van der Waals surface area (Å²) in [6.07, 6.45) is 1.01. The van der Waals surface area contributed by atoms with Crippen molar-refractivity contribution in [2.75, 3.05) is 13.0 Å². The largest absolute Gasteiger partial charge is 0.496 e. The molecule has 0 spiro atoms. The molecule has 84 valence electrons. The number of rotatable bonds is 5. The number of methoxy groups -OCH3 is 1. The van der Waals surface area contributed by atoms with Crippen LogP contribution in [0.3, 0.4) is 0 Å². The Morgan fingerprint density at radius 1 is 1.47 bits per heavy atom. The zero-order chi connectivity index (χ0) is 11.3. The van der Waals surface area contributed by atoms with Crippen LogP contribution in [0, 0.1) is 0 Å². The summed E-state index contributed by atoms with van der Waals surface area (Å²) in [5.74, 6) is 1.08. The predicted molar refractivity (Wildman–Crippen MR) is 62.8 cm³/mol. The SMILES string of the molecule is CCc1ccc(C[C@H](O)CCl)c(OC)c1. The molecule has 1 atom stereocenters. The van der Waals surface area contributed by atoms with E-state index in [0.717, 1.165) is 17.7 Å². The van der Waals surface area contributed by atoms with Crippen molar-refractivity contribution in [2.45, 2.75) is 25.9 Å². The minimum atomic E-state index is -0.506. The molecular formula is C12H17ClO2. The number of aryl methyl sites for hydroxylation is 1. The maximum absolute atomic E-state index is 9.47. The summed E-state index contributed by atoms with van der Waals surface area (Å²) < 4.78 is 5.28. The quantitative estimate of drug-likeness (QED) is 0.785. The second-order valence-corrected chi connectivity index (χ2v) is 3.82. The minimum Gasteiger partial charge on any atom is -0.496 e. The molecule has 0 unspecified atom stereocenters. The van der Waals surface area contributed by atoms with Gasteiger partial charge in [0.05, 0.1) is 13.2 Å². The summed E-state index contributed by atoms with van der Waals surface area (Å²) in [5.41, 5.74) is 2.24. The molecule has 0 aliphatic heterocycles. The molecule has 0 heterocycles. The van der Waals surface area contributed by atoms with Gasteiger partial charge in [0.15, 0.2) is 0 Å². The highest BCUT2D eigenvalue weighted by atomic mass is 35.5. The fourth-order valence-corrected chi connectivity index (χ4v) is 1.60. The van der Waals surface area contributed by atoms with E-state index in [2.05, 4.69) is 13.0 Å². The molecule has 1 N–H and O–H groups in total. The molecule has 0 fully saturated rings. The molecule has 2 nitrogen and oxygen atoms in total. The monoisotopic (exact) mass is 228 g/mol. The first kappa shape index (κ1) is 12.3. The molecule has 0 bridgehead atoms. The van der Waals surface area contributed by atoms with Gasteiger partial charge in [-0.15, -0.1) is 11.6 Å². The number of aliphatic hydroxyl groups excluding tert-OH is 1. The van der Waals surface area contributed by atoms with Gasteiger partial charge in [-0.25, -0.2) is 0 Å². The highest BCUT2D eigenvalue weighted by Crippen LogP contribution is 2.22. The third kappa shape index (κ3) is 3.40. The first-order valence-electron chi connectivity index (χ1n) is 5.11. The Morgan fingerprint density at radius 2 is 2.20 bits per heavy atom. The van der Waals surface area contributed by atoms with Crippen LogP contribution < -0.4 is 4.74 Å². The van der Waals surface area contributed by atoms with Crippen molar-refractivity contribution >= 4 is 11.6 Å². The first-order valence-corrected chi connectivity index (χ1v) is 5.64. The fourth-order valence-electron chi connectivity index (χ4n) is 1.49. The molecular weight excluding hydrogens is 212 g/mol. The lowest BCUT2D eigenvalue weighted by molar-refractivity contribution is 0.197. The number of hydrogen-bond donors (Lipinski definition) is 1. The van der Waals surface area contributed by atoms with Crippen LogP contribution in [-0.2, 0) is 12.8 Å². The van der Waals surface area contributed by atoms with E-state index in [0.29, 0.717) is 6.42 Å². The summed E-state index contributed by atoms with van der Waals surface area (Å²) in [6, 6.07) is 6.06. The lowest BCUT2D eigenvalue weighted by atomic mass is 10.0. The van der Waals surface area contributed by atoms with E-state index in [9.17, 15) is 5.11 Å². The van der Waals surface area contributed by atoms with Crippen molar-refractivity contribution in [1.29, 1.82) is 0 Å². The molecule has 1 aromatic rings. The average Bonchev–Trinajstić information content (AvgIpc) is 2.29. The third-order valence-corrected chi connectivity index (χ3v) is 2.75. The topological polar surface area (TPSA) is 29.5 Å². The Kier molecular flexibility index (Phi) is 4.92. The van der Waals surface area contributed by atoms with Gasteiger partial charge in [-0.2, -0.15) is 0 Å². The molecule has 0 aromatic heterocycles. The van der Waals surface area contributed by atoms with E-state index in [4.69, 9.17) is 16.3 Å². The molecule has 0 aliphatic rings. The molecule has 1 rings (SSSR count). The lowest BCUT2D eigenvalue weighted by Crippen LogP contribution is -2.12. The number of halogens is 1. The van der Waals surface area contributed by atoms with Crippen LogP contribution in [0.4, 0.5) is 0 Å². The molecule has 0 saturated heterocycles. The Balaban J connectivity index is 2.87. The van der Waals surface area contributed by atoms with Crippen LogP contribution in [-0.4, -0.2) is 24.2 Å². The van der Waals surface area contributed by atoms with Crippen molar-refractivity contribution in [2.24, 2.45) is 0 Å². The van der Waals surface area contributed by atoms with Crippen LogP contribution >= 0.6 is 11.6 Å². The zero-order valence-corrected chi connectivity index (χ0v) is 9.92. The predicted octanol–water partition coefficient (Wildman–Crippen LogP) is 2.40. The van der Waals surface area contributed by atoms with E-state index in [1.54, 1.807) is 7.11 Å². The second-order valence-electron chi connectivity index (χ2n) is 3.51. The number of aliphatic hydroxyl groups is 1. The number of hydrogen-bond acceptors (Lipinski definition) is 2. The molecule has 3 heteroatoms. The fraction of sp³-hybridized carbons (Fsp3) is 0.500. The number of alkyl halides is 1. The zero-order valence-electron chi connectivity index (χ0n) is 9.16. The summed E-state index contributed by atoms with van der Waals surface area (Å²) >= 11 is 5.57. The number of ether oxygens (including phenoxy) is 1. The average molecular weight is 229 g/mol. The van der Waals surface area contributed by atoms with E-state index in [-0.39, 0.29) is 5.88 Å². The van der Waals surface area contributed by atoms with Gasteiger partial charge < -0.3 is 9.84 Å². The van der Waals surface area contributed by atoms with Gasteiger partial charge in [0.2, 0.25) is 0 Å². The van der Waals surface area contributed by atoms with Gasteiger partial charge in [0, 0.05) is 12.3 Å². The Hall–Kier alpha value is -0.730. The van der Waals surface area contributed by atoms with Crippen LogP contribution in [0.5, 0.6) is 5.75 Å². The van der Waals surface area contributed by atoms with Crippen molar-refractivity contribution in [3.05, 3.63) is 29.3 Å². The standard InChI is InChI=1S/C12H17ClO2/c1-3-9-4-5-10(7-11(14)8-13)12(6-9)15-2/h4-6,11,14H,3,7-8H2,1-2H3/t11-/m0/s1. The maximum Gasteiger partial charge on any atom is 0.122 e. The Morgan fingerprint density at radius 3 is 2.73 bits per heavy atom. The van der Waals surface area contributed by atoms with Gasteiger partial charge in [0.1, 0.15) is 5.75 Å². The van der Waals surface area contributed by atoms with Gasteiger partial charge >= 0.3 is 0 Å². The highest BCUT2D eigenvalue weighted by Gasteiger charge is 2.09. The van der Waals surface area contributed by atoms with Crippen LogP contribution in [0.2, 0.25) is 0 Å². The molecule has 0 aliphatic carbocycles. The van der Waals surface area contributed by atoms with Gasteiger partial charge in [0.25, 0.3) is 0 Å². The first-order chi connectivity index (χ1) is 7.21. The van der Waals surface area contributed by atoms with E-state index in [1.165, 1.54) is 5.56 Å². The normalized spacial score (nSPS) is 12.5. The van der Waals surface area contributed by atoms with E-state index in [1.807, 2.05) is 12.1 Å². The highest BCUT2D eigenvalue weighted by molar-refractivity contribution is 6.18. The van der Waals surface area contributed by atoms with Crippen molar-refractivity contribution in [1.82, 2.24) is 0 Å². The molecule has 1 aromatic carbocycles. The van der Waals surface area contributed by atoms with Gasteiger partial charge in [-0.3, -0.25) is 0 Å². The number of benzene rings is 1. The minimum absolute atomic E-state index is 0.249. The second kappa shape index (κ2) is 5.99. The molecule has 0 radical (unpaired) electrons. The van der Waals surface area contributed by atoms with Gasteiger partial charge in [-0.1, -0.05) is 19.1 Å². The molecule has 15 heavy (non-hydrogen) atoms.